The van der Waals surface area contributed by atoms with Gasteiger partial charge < -0.3 is 29.4 Å². The zero-order valence-corrected chi connectivity index (χ0v) is 20.0. The van der Waals surface area contributed by atoms with Crippen LogP contribution in [0.1, 0.15) is 67.7 Å². The van der Waals surface area contributed by atoms with Crippen molar-refractivity contribution in [1.82, 2.24) is 5.32 Å². The first kappa shape index (κ1) is 28.6. The van der Waals surface area contributed by atoms with Crippen molar-refractivity contribution < 1.29 is 33.6 Å². The summed E-state index contributed by atoms with van der Waals surface area (Å²) in [5.74, 6) is -0.200. The Labute approximate surface area is 182 Å². The van der Waals surface area contributed by atoms with E-state index in [9.17, 15) is 14.7 Å². The lowest BCUT2D eigenvalue weighted by Gasteiger charge is -2.30. The third-order valence-corrected chi connectivity index (χ3v) is 4.45. The van der Waals surface area contributed by atoms with Gasteiger partial charge in [0.2, 0.25) is 0 Å². The molecule has 0 aromatic carbocycles. The molecule has 0 aliphatic rings. The zero-order chi connectivity index (χ0) is 23.3. The molecular weight excluding hydrogens is 390 g/mol. The van der Waals surface area contributed by atoms with Gasteiger partial charge in [0.05, 0.1) is 32.5 Å². The second kappa shape index (κ2) is 14.6. The monoisotopic (exact) mass is 433 g/mol. The molecule has 8 nitrogen and oxygen atoms in total. The fraction of sp³-hybridized carbons (Fsp3) is 0.909. The Balaban J connectivity index is 5.00. The Morgan fingerprint density at radius 2 is 1.70 bits per heavy atom. The normalized spacial score (nSPS) is 15.9. The number of carbonyl (C=O) groups is 2. The largest absolute Gasteiger partial charge is 0.467 e. The highest BCUT2D eigenvalue weighted by Gasteiger charge is 2.29. The molecule has 0 spiro atoms. The highest BCUT2D eigenvalue weighted by molar-refractivity contribution is 5.81. The van der Waals surface area contributed by atoms with Crippen LogP contribution in [0.4, 0.5) is 4.79 Å². The summed E-state index contributed by atoms with van der Waals surface area (Å²) in [6.07, 6.45) is 1.03. The molecule has 0 rings (SSSR count). The van der Waals surface area contributed by atoms with Crippen molar-refractivity contribution in [2.75, 3.05) is 26.9 Å². The summed E-state index contributed by atoms with van der Waals surface area (Å²) >= 11 is 0. The van der Waals surface area contributed by atoms with Crippen molar-refractivity contribution in [2.45, 2.75) is 91.6 Å². The van der Waals surface area contributed by atoms with Crippen molar-refractivity contribution in [2.24, 2.45) is 11.8 Å². The van der Waals surface area contributed by atoms with Crippen LogP contribution in [-0.4, -0.2) is 68.0 Å². The van der Waals surface area contributed by atoms with Crippen molar-refractivity contribution in [3.05, 3.63) is 0 Å². The Kier molecular flexibility index (Phi) is 13.9. The predicted octanol–water partition coefficient (Wildman–Crippen LogP) is 3.30. The topological polar surface area (TPSA) is 103 Å². The van der Waals surface area contributed by atoms with Gasteiger partial charge in [-0.05, 0) is 46.5 Å². The molecule has 178 valence electrons. The van der Waals surface area contributed by atoms with Crippen LogP contribution in [0.25, 0.3) is 0 Å². The van der Waals surface area contributed by atoms with Gasteiger partial charge in [-0.25, -0.2) is 9.59 Å². The van der Waals surface area contributed by atoms with E-state index >= 15 is 0 Å². The smallest absolute Gasteiger partial charge is 0.408 e. The molecule has 4 atom stereocenters. The standard InChI is InChI=1S/C22H43NO7/c1-9-12-29-19(17(16(4)24)11-10-15(2)3)14-28-13-18(20(25)27-8)23-21(26)30-22(5,6)7/h15-19,24H,9-14H2,1-8H3,(H,23,26)/t16-,17-,18?,19+/m0/s1. The molecule has 0 aliphatic heterocycles. The number of hydrogen-bond donors (Lipinski definition) is 2. The maximum absolute atomic E-state index is 12.0. The highest BCUT2D eigenvalue weighted by Crippen LogP contribution is 2.22. The van der Waals surface area contributed by atoms with E-state index in [0.29, 0.717) is 12.5 Å². The number of alkyl carbamates (subject to hydrolysis) is 1. The van der Waals surface area contributed by atoms with E-state index in [1.807, 2.05) is 6.92 Å². The molecule has 30 heavy (non-hydrogen) atoms. The number of methoxy groups -OCH3 is 1. The van der Waals surface area contributed by atoms with Gasteiger partial charge in [0, 0.05) is 12.5 Å². The van der Waals surface area contributed by atoms with Gasteiger partial charge in [0.25, 0.3) is 0 Å². The Hall–Kier alpha value is -1.38. The minimum absolute atomic E-state index is 0.0886. The third kappa shape index (κ3) is 13.0. The average molecular weight is 434 g/mol. The molecule has 0 saturated heterocycles. The molecule has 0 fully saturated rings. The van der Waals surface area contributed by atoms with E-state index in [-0.39, 0.29) is 25.2 Å². The zero-order valence-electron chi connectivity index (χ0n) is 20.0. The molecule has 0 bridgehead atoms. The molecule has 8 heteroatoms. The Morgan fingerprint density at radius 3 is 2.17 bits per heavy atom. The fourth-order valence-corrected chi connectivity index (χ4v) is 2.89. The summed E-state index contributed by atoms with van der Waals surface area (Å²) < 4.78 is 21.6. The number of rotatable bonds is 14. The number of amides is 1. The molecule has 0 aromatic heterocycles. The van der Waals surface area contributed by atoms with E-state index in [0.717, 1.165) is 19.3 Å². The average Bonchev–Trinajstić information content (AvgIpc) is 2.61. The number of hydrogen-bond acceptors (Lipinski definition) is 7. The minimum atomic E-state index is -1.00. The van der Waals surface area contributed by atoms with Gasteiger partial charge in [0.1, 0.15) is 5.60 Å². The van der Waals surface area contributed by atoms with Crippen LogP contribution in [0.2, 0.25) is 0 Å². The van der Waals surface area contributed by atoms with Crippen LogP contribution in [0, 0.1) is 11.8 Å². The summed E-state index contributed by atoms with van der Waals surface area (Å²) in [6.45, 7) is 13.9. The van der Waals surface area contributed by atoms with Gasteiger partial charge >= 0.3 is 12.1 Å². The summed E-state index contributed by atoms with van der Waals surface area (Å²) in [7, 11) is 1.24. The molecule has 0 aliphatic carbocycles. The first-order chi connectivity index (χ1) is 13.9. The number of nitrogens with one attached hydrogen (secondary N) is 1. The van der Waals surface area contributed by atoms with E-state index in [1.165, 1.54) is 7.11 Å². The second-order valence-electron chi connectivity index (χ2n) is 9.04. The van der Waals surface area contributed by atoms with Crippen LogP contribution in [-0.2, 0) is 23.7 Å². The van der Waals surface area contributed by atoms with E-state index < -0.39 is 29.8 Å². The molecule has 2 N–H and O–H groups in total. The molecule has 1 amide bonds. The Morgan fingerprint density at radius 1 is 1.07 bits per heavy atom. The quantitative estimate of drug-likeness (QED) is 0.405. The van der Waals surface area contributed by atoms with Gasteiger partial charge in [-0.15, -0.1) is 0 Å². The van der Waals surface area contributed by atoms with Crippen molar-refractivity contribution in [3.63, 3.8) is 0 Å². The first-order valence-corrected chi connectivity index (χ1v) is 10.9. The van der Waals surface area contributed by atoms with Crippen LogP contribution in [0.15, 0.2) is 0 Å². The number of carbonyl (C=O) groups excluding carboxylic acids is 2. The number of esters is 1. The van der Waals surface area contributed by atoms with Gasteiger partial charge in [0.15, 0.2) is 6.04 Å². The van der Waals surface area contributed by atoms with Crippen molar-refractivity contribution in [3.8, 4) is 0 Å². The summed E-state index contributed by atoms with van der Waals surface area (Å²) in [6, 6.07) is -1.00. The van der Waals surface area contributed by atoms with Crippen LogP contribution in [0.5, 0.6) is 0 Å². The molecule has 0 saturated carbocycles. The minimum Gasteiger partial charge on any atom is -0.467 e. The molecule has 0 aromatic rings. The van der Waals surface area contributed by atoms with Gasteiger partial charge in [-0.3, -0.25) is 0 Å². The number of aliphatic hydroxyl groups is 1. The van der Waals surface area contributed by atoms with Crippen LogP contribution < -0.4 is 5.32 Å². The molecular formula is C22H43NO7. The maximum Gasteiger partial charge on any atom is 0.408 e. The lowest BCUT2D eigenvalue weighted by Crippen LogP contribution is -2.47. The number of aliphatic hydroxyl groups excluding tert-OH is 1. The lowest BCUT2D eigenvalue weighted by atomic mass is 9.89. The number of ether oxygens (including phenoxy) is 4. The second-order valence-corrected chi connectivity index (χ2v) is 9.04. The highest BCUT2D eigenvalue weighted by atomic mass is 16.6. The molecule has 1 unspecified atom stereocenters. The first-order valence-electron chi connectivity index (χ1n) is 10.9. The van der Waals surface area contributed by atoms with E-state index in [1.54, 1.807) is 27.7 Å². The van der Waals surface area contributed by atoms with E-state index in [2.05, 4.69) is 19.2 Å². The summed E-state index contributed by atoms with van der Waals surface area (Å²) in [4.78, 5) is 24.1. The van der Waals surface area contributed by atoms with E-state index in [4.69, 9.17) is 18.9 Å². The van der Waals surface area contributed by atoms with Crippen molar-refractivity contribution >= 4 is 12.1 Å². The molecule has 0 heterocycles. The lowest BCUT2D eigenvalue weighted by molar-refractivity contribution is -0.146. The SMILES string of the molecule is CCCO[C@H](COCC(NC(=O)OC(C)(C)C)C(=O)OC)[C@@H](CCC(C)C)[C@H](C)O. The fourth-order valence-electron chi connectivity index (χ4n) is 2.89. The van der Waals surface area contributed by atoms with Crippen LogP contribution in [0.3, 0.4) is 0 Å². The maximum atomic E-state index is 12.0. The summed E-state index contributed by atoms with van der Waals surface area (Å²) in [5.41, 5.74) is -0.689. The van der Waals surface area contributed by atoms with Gasteiger partial charge in [-0.2, -0.15) is 0 Å². The molecule has 0 radical (unpaired) electrons. The van der Waals surface area contributed by atoms with Gasteiger partial charge in [-0.1, -0.05) is 27.2 Å². The van der Waals surface area contributed by atoms with Crippen molar-refractivity contribution in [1.29, 1.82) is 0 Å². The van der Waals surface area contributed by atoms with Crippen LogP contribution >= 0.6 is 0 Å². The Bertz CT molecular complexity index is 488. The third-order valence-electron chi connectivity index (χ3n) is 4.45. The summed E-state index contributed by atoms with van der Waals surface area (Å²) in [5, 5.41) is 12.8. The predicted molar refractivity (Wildman–Crippen MR) is 115 cm³/mol.